The molecule has 0 spiro atoms. The van der Waals surface area contributed by atoms with E-state index in [1.165, 1.54) is 6.92 Å². The fraction of sp³-hybridized carbons (Fsp3) is 0.385. The summed E-state index contributed by atoms with van der Waals surface area (Å²) >= 11 is 0. The number of carbonyl (C=O) groups excluding carboxylic acids is 2. The average molecular weight is 256 g/mol. The summed E-state index contributed by atoms with van der Waals surface area (Å²) in [7, 11) is 0. The topological polar surface area (TPSA) is 43.4 Å². The van der Waals surface area contributed by atoms with Crippen molar-refractivity contribution in [3.63, 3.8) is 0 Å². The van der Waals surface area contributed by atoms with Gasteiger partial charge in [-0.25, -0.2) is 4.79 Å². The molecule has 0 aliphatic rings. The van der Waals surface area contributed by atoms with Crippen LogP contribution in [0.3, 0.4) is 0 Å². The highest BCUT2D eigenvalue weighted by molar-refractivity contribution is 6.05. The fourth-order valence-corrected chi connectivity index (χ4v) is 1.40. The number of carbonyl (C=O) groups is 2. The summed E-state index contributed by atoms with van der Waals surface area (Å²) in [4.78, 5) is 22.2. The van der Waals surface area contributed by atoms with Crippen molar-refractivity contribution < 1.29 is 23.1 Å². The first kappa shape index (κ1) is 14.3. The lowest BCUT2D eigenvalue weighted by Gasteiger charge is -2.13. The first-order valence-electron chi connectivity index (χ1n) is 5.60. The predicted molar refractivity (Wildman–Crippen MR) is 61.4 cm³/mol. The van der Waals surface area contributed by atoms with Gasteiger partial charge in [-0.2, -0.15) is 8.78 Å². The summed E-state index contributed by atoms with van der Waals surface area (Å²) in [6, 6.07) is 8.76. The Bertz CT molecular complexity index is 416. The monoisotopic (exact) mass is 256 g/mol. The van der Waals surface area contributed by atoms with Gasteiger partial charge in [-0.1, -0.05) is 30.3 Å². The van der Waals surface area contributed by atoms with Crippen molar-refractivity contribution in [1.82, 2.24) is 0 Å². The second-order valence-corrected chi connectivity index (χ2v) is 3.70. The molecule has 0 fully saturated rings. The highest BCUT2D eigenvalue weighted by Crippen LogP contribution is 2.20. The number of aryl methyl sites for hydroxylation is 1. The Morgan fingerprint density at radius 2 is 1.83 bits per heavy atom. The van der Waals surface area contributed by atoms with Crippen LogP contribution in [-0.2, 0) is 20.7 Å². The molecule has 0 unspecified atom stereocenters. The van der Waals surface area contributed by atoms with Gasteiger partial charge in [-0.15, -0.1) is 0 Å². The summed E-state index contributed by atoms with van der Waals surface area (Å²) < 4.78 is 30.7. The van der Waals surface area contributed by atoms with Crippen LogP contribution in [0.15, 0.2) is 30.3 Å². The van der Waals surface area contributed by atoms with Crippen LogP contribution in [0.5, 0.6) is 0 Å². The van der Waals surface area contributed by atoms with Crippen molar-refractivity contribution in [1.29, 1.82) is 0 Å². The van der Waals surface area contributed by atoms with Crippen LogP contribution in [0.4, 0.5) is 8.78 Å². The molecule has 3 nitrogen and oxygen atoms in total. The quantitative estimate of drug-likeness (QED) is 0.579. The van der Waals surface area contributed by atoms with Gasteiger partial charge < -0.3 is 4.74 Å². The third kappa shape index (κ3) is 3.61. The van der Waals surface area contributed by atoms with E-state index in [1.54, 1.807) is 30.3 Å². The second kappa shape index (κ2) is 6.23. The van der Waals surface area contributed by atoms with E-state index in [2.05, 4.69) is 4.74 Å². The van der Waals surface area contributed by atoms with Crippen molar-refractivity contribution >= 4 is 11.8 Å². The van der Waals surface area contributed by atoms with E-state index < -0.39 is 24.1 Å². The van der Waals surface area contributed by atoms with Gasteiger partial charge >= 0.3 is 11.9 Å². The van der Waals surface area contributed by atoms with Crippen LogP contribution < -0.4 is 0 Å². The first-order chi connectivity index (χ1) is 8.48. The minimum Gasteiger partial charge on any atom is -0.461 e. The standard InChI is InChI=1S/C13H14F2O3/c1-2-18-12(17)13(14,15)11(16)9-8-10-6-4-3-5-7-10/h3-7H,2,8-9H2,1H3. The maximum atomic E-state index is 13.3. The molecule has 0 aromatic heterocycles. The lowest BCUT2D eigenvalue weighted by Crippen LogP contribution is -2.39. The van der Waals surface area contributed by atoms with E-state index in [9.17, 15) is 18.4 Å². The Morgan fingerprint density at radius 3 is 2.39 bits per heavy atom. The summed E-state index contributed by atoms with van der Waals surface area (Å²) in [5, 5.41) is 0. The summed E-state index contributed by atoms with van der Waals surface area (Å²) in [5.41, 5.74) is 0.769. The Kier molecular flexibility index (Phi) is 4.95. The molecule has 0 N–H and O–H groups in total. The first-order valence-corrected chi connectivity index (χ1v) is 5.60. The number of Topliss-reactive ketones (excluding diaryl/α,β-unsaturated/α-hetero) is 1. The van der Waals surface area contributed by atoms with Crippen molar-refractivity contribution in [3.8, 4) is 0 Å². The number of rotatable bonds is 6. The van der Waals surface area contributed by atoms with Gasteiger partial charge in [0, 0.05) is 6.42 Å². The molecule has 1 rings (SSSR count). The summed E-state index contributed by atoms with van der Waals surface area (Å²) in [6.45, 7) is 1.23. The Labute approximate surface area is 104 Å². The molecule has 18 heavy (non-hydrogen) atoms. The number of benzene rings is 1. The Hall–Kier alpha value is -1.78. The van der Waals surface area contributed by atoms with Crippen LogP contribution in [0.1, 0.15) is 18.9 Å². The lowest BCUT2D eigenvalue weighted by atomic mass is 10.0. The van der Waals surface area contributed by atoms with Gasteiger partial charge in [-0.05, 0) is 18.9 Å². The minimum atomic E-state index is -4.05. The number of ketones is 1. The van der Waals surface area contributed by atoms with E-state index in [-0.39, 0.29) is 13.0 Å². The molecule has 5 heteroatoms. The molecule has 98 valence electrons. The van der Waals surface area contributed by atoms with Gasteiger partial charge in [0.15, 0.2) is 0 Å². The molecule has 0 aliphatic heterocycles. The molecule has 0 bridgehead atoms. The molecule has 1 aromatic rings. The second-order valence-electron chi connectivity index (χ2n) is 3.70. The van der Waals surface area contributed by atoms with Gasteiger partial charge in [0.25, 0.3) is 0 Å². The molecule has 0 atom stereocenters. The largest absolute Gasteiger partial charge is 0.461 e. The van der Waals surface area contributed by atoms with Crippen molar-refractivity contribution in [2.75, 3.05) is 6.61 Å². The molecule has 0 saturated heterocycles. The number of hydrogen-bond donors (Lipinski definition) is 0. The van der Waals surface area contributed by atoms with Gasteiger partial charge in [0.05, 0.1) is 6.61 Å². The van der Waals surface area contributed by atoms with Crippen LogP contribution in [0.25, 0.3) is 0 Å². The minimum absolute atomic E-state index is 0.175. The van der Waals surface area contributed by atoms with Gasteiger partial charge in [0.1, 0.15) is 0 Å². The number of hydrogen-bond acceptors (Lipinski definition) is 3. The summed E-state index contributed by atoms with van der Waals surface area (Å²) in [5.74, 6) is -7.24. The lowest BCUT2D eigenvalue weighted by molar-refractivity contribution is -0.176. The Morgan fingerprint density at radius 1 is 1.22 bits per heavy atom. The van der Waals surface area contributed by atoms with E-state index >= 15 is 0 Å². The predicted octanol–water partition coefficient (Wildman–Crippen LogP) is 2.39. The SMILES string of the molecule is CCOC(=O)C(F)(F)C(=O)CCc1ccccc1. The van der Waals surface area contributed by atoms with Crippen molar-refractivity contribution in [2.45, 2.75) is 25.7 Å². The molecule has 0 saturated carbocycles. The smallest absolute Gasteiger partial charge is 0.399 e. The average Bonchev–Trinajstić information content (AvgIpc) is 2.37. The van der Waals surface area contributed by atoms with Crippen LogP contribution >= 0.6 is 0 Å². The number of alkyl halides is 2. The zero-order valence-corrected chi connectivity index (χ0v) is 9.99. The number of esters is 1. The highest BCUT2D eigenvalue weighted by Gasteiger charge is 2.47. The van der Waals surface area contributed by atoms with Crippen molar-refractivity contribution in [3.05, 3.63) is 35.9 Å². The normalized spacial score (nSPS) is 11.1. The van der Waals surface area contributed by atoms with Crippen LogP contribution in [-0.4, -0.2) is 24.3 Å². The molecule has 0 aliphatic carbocycles. The molecule has 0 radical (unpaired) electrons. The van der Waals surface area contributed by atoms with Crippen LogP contribution in [0, 0.1) is 0 Å². The van der Waals surface area contributed by atoms with Crippen molar-refractivity contribution in [2.24, 2.45) is 0 Å². The summed E-state index contributed by atoms with van der Waals surface area (Å²) in [6.07, 6.45) is -0.218. The third-order valence-corrected chi connectivity index (χ3v) is 2.37. The maximum Gasteiger partial charge on any atom is 0.399 e. The van der Waals surface area contributed by atoms with E-state index in [1.807, 2.05) is 0 Å². The number of halogens is 2. The Balaban J connectivity index is 2.57. The fourth-order valence-electron chi connectivity index (χ4n) is 1.40. The zero-order valence-electron chi connectivity index (χ0n) is 9.99. The van der Waals surface area contributed by atoms with Crippen LogP contribution in [0.2, 0.25) is 0 Å². The van der Waals surface area contributed by atoms with Gasteiger partial charge in [-0.3, -0.25) is 4.79 Å². The maximum absolute atomic E-state index is 13.3. The van der Waals surface area contributed by atoms with E-state index in [4.69, 9.17) is 0 Å². The van der Waals surface area contributed by atoms with E-state index in [0.717, 1.165) is 5.56 Å². The zero-order chi connectivity index (χ0) is 13.6. The third-order valence-electron chi connectivity index (χ3n) is 2.37. The number of ether oxygens (including phenoxy) is 1. The molecule has 1 aromatic carbocycles. The molecule has 0 amide bonds. The molecule has 0 heterocycles. The molecular formula is C13H14F2O3. The van der Waals surface area contributed by atoms with E-state index in [0.29, 0.717) is 0 Å². The van der Waals surface area contributed by atoms with Gasteiger partial charge in [0.2, 0.25) is 5.78 Å². The molecular weight excluding hydrogens is 242 g/mol. The highest BCUT2D eigenvalue weighted by atomic mass is 19.3.